The van der Waals surface area contributed by atoms with Crippen LogP contribution in [0.5, 0.6) is 0 Å². The molecule has 0 aliphatic rings. The van der Waals surface area contributed by atoms with Crippen molar-refractivity contribution in [1.29, 1.82) is 0 Å². The Morgan fingerprint density at radius 2 is 2.06 bits per heavy atom. The van der Waals surface area contributed by atoms with Gasteiger partial charge in [-0.15, -0.1) is 0 Å². The monoisotopic (exact) mass is 244 g/mol. The van der Waals surface area contributed by atoms with Crippen molar-refractivity contribution >= 4 is 15.7 Å². The molecule has 0 atom stereocenters. The summed E-state index contributed by atoms with van der Waals surface area (Å²) < 4.78 is 25.3. The van der Waals surface area contributed by atoms with Crippen LogP contribution in [-0.4, -0.2) is 38.0 Å². The third kappa shape index (κ3) is 2.34. The van der Waals surface area contributed by atoms with Crippen molar-refractivity contribution in [3.05, 3.63) is 23.8 Å². The SMILES string of the molecule is Cc1cccc(N)c1S(=O)(=O)N(C)CCO. The topological polar surface area (TPSA) is 83.6 Å². The van der Waals surface area contributed by atoms with Crippen LogP contribution in [0.25, 0.3) is 0 Å². The molecule has 16 heavy (non-hydrogen) atoms. The highest BCUT2D eigenvalue weighted by molar-refractivity contribution is 7.89. The van der Waals surface area contributed by atoms with Gasteiger partial charge in [0, 0.05) is 13.6 Å². The smallest absolute Gasteiger partial charge is 0.245 e. The van der Waals surface area contributed by atoms with Crippen molar-refractivity contribution in [2.75, 3.05) is 25.9 Å². The van der Waals surface area contributed by atoms with Crippen molar-refractivity contribution in [3.8, 4) is 0 Å². The van der Waals surface area contributed by atoms with E-state index in [4.69, 9.17) is 10.8 Å². The zero-order chi connectivity index (χ0) is 12.3. The summed E-state index contributed by atoms with van der Waals surface area (Å²) in [5, 5.41) is 8.75. The molecule has 0 spiro atoms. The van der Waals surface area contributed by atoms with Gasteiger partial charge in [-0.1, -0.05) is 12.1 Å². The van der Waals surface area contributed by atoms with E-state index in [1.807, 2.05) is 0 Å². The number of hydrogen-bond donors (Lipinski definition) is 2. The molecule has 0 radical (unpaired) electrons. The second-order valence-corrected chi connectivity index (χ2v) is 5.53. The van der Waals surface area contributed by atoms with Gasteiger partial charge in [0.05, 0.1) is 12.3 Å². The summed E-state index contributed by atoms with van der Waals surface area (Å²) in [7, 11) is -2.20. The highest BCUT2D eigenvalue weighted by Crippen LogP contribution is 2.24. The van der Waals surface area contributed by atoms with E-state index in [9.17, 15) is 8.42 Å². The fraction of sp³-hybridized carbons (Fsp3) is 0.400. The summed E-state index contributed by atoms with van der Waals surface area (Å²) >= 11 is 0. The Hall–Kier alpha value is -1.11. The number of benzene rings is 1. The van der Waals surface area contributed by atoms with Gasteiger partial charge in [0.1, 0.15) is 4.90 Å². The molecule has 3 N–H and O–H groups in total. The minimum Gasteiger partial charge on any atom is -0.398 e. The van der Waals surface area contributed by atoms with Gasteiger partial charge in [-0.3, -0.25) is 0 Å². The van der Waals surface area contributed by atoms with Crippen LogP contribution in [0.3, 0.4) is 0 Å². The molecule has 1 aromatic rings. The Labute approximate surface area is 95.5 Å². The summed E-state index contributed by atoms with van der Waals surface area (Å²) in [6.45, 7) is 1.52. The largest absolute Gasteiger partial charge is 0.398 e. The number of nitrogens with zero attached hydrogens (tertiary/aromatic N) is 1. The maximum Gasteiger partial charge on any atom is 0.245 e. The van der Waals surface area contributed by atoms with Crippen LogP contribution in [0.2, 0.25) is 0 Å². The Balaban J connectivity index is 3.27. The summed E-state index contributed by atoms with van der Waals surface area (Å²) in [4.78, 5) is 0.117. The molecule has 0 fully saturated rings. The zero-order valence-corrected chi connectivity index (χ0v) is 10.2. The number of rotatable bonds is 4. The number of aliphatic hydroxyl groups excluding tert-OH is 1. The minimum absolute atomic E-state index is 0.0517. The predicted molar refractivity (Wildman–Crippen MR) is 62.5 cm³/mol. The molecular formula is C10H16N2O3S. The molecule has 0 aromatic heterocycles. The number of anilines is 1. The number of hydrogen-bond acceptors (Lipinski definition) is 4. The van der Waals surface area contributed by atoms with E-state index in [-0.39, 0.29) is 23.7 Å². The average Bonchev–Trinajstić information content (AvgIpc) is 2.17. The molecule has 0 bridgehead atoms. The number of nitrogens with two attached hydrogens (primary N) is 1. The van der Waals surface area contributed by atoms with Crippen molar-refractivity contribution < 1.29 is 13.5 Å². The lowest BCUT2D eigenvalue weighted by molar-refractivity contribution is 0.266. The average molecular weight is 244 g/mol. The van der Waals surface area contributed by atoms with Gasteiger partial charge < -0.3 is 10.8 Å². The van der Waals surface area contributed by atoms with Crippen LogP contribution in [0.4, 0.5) is 5.69 Å². The van der Waals surface area contributed by atoms with E-state index in [0.29, 0.717) is 5.56 Å². The lowest BCUT2D eigenvalue weighted by atomic mass is 10.2. The first-order valence-electron chi connectivity index (χ1n) is 4.83. The first-order valence-corrected chi connectivity index (χ1v) is 6.27. The molecule has 0 aliphatic carbocycles. The highest BCUT2D eigenvalue weighted by atomic mass is 32.2. The van der Waals surface area contributed by atoms with Crippen molar-refractivity contribution in [1.82, 2.24) is 4.31 Å². The standard InChI is InChI=1S/C10H16N2O3S/c1-8-4-3-5-9(11)10(8)16(14,15)12(2)6-7-13/h3-5,13H,6-7,11H2,1-2H3. The fourth-order valence-corrected chi connectivity index (χ4v) is 2.92. The van der Waals surface area contributed by atoms with Gasteiger partial charge in [0.25, 0.3) is 0 Å². The van der Waals surface area contributed by atoms with Crippen LogP contribution >= 0.6 is 0 Å². The normalized spacial score (nSPS) is 12.0. The number of aliphatic hydroxyl groups is 1. The molecule has 1 rings (SSSR count). The van der Waals surface area contributed by atoms with Crippen molar-refractivity contribution in [2.45, 2.75) is 11.8 Å². The summed E-state index contributed by atoms with van der Waals surface area (Å²) in [5.41, 5.74) is 6.50. The summed E-state index contributed by atoms with van der Waals surface area (Å²) in [6.07, 6.45) is 0. The lowest BCUT2D eigenvalue weighted by Gasteiger charge is -2.18. The maximum absolute atomic E-state index is 12.1. The molecule has 90 valence electrons. The first-order chi connectivity index (χ1) is 7.41. The van der Waals surface area contributed by atoms with E-state index in [1.165, 1.54) is 7.05 Å². The van der Waals surface area contributed by atoms with Crippen LogP contribution in [-0.2, 0) is 10.0 Å². The lowest BCUT2D eigenvalue weighted by Crippen LogP contribution is -2.30. The highest BCUT2D eigenvalue weighted by Gasteiger charge is 2.24. The molecule has 1 aromatic carbocycles. The number of nitrogen functional groups attached to an aromatic ring is 1. The van der Waals surface area contributed by atoms with Gasteiger partial charge >= 0.3 is 0 Å². The number of likely N-dealkylation sites (N-methyl/N-ethyl adjacent to an activating group) is 1. The fourth-order valence-electron chi connectivity index (χ4n) is 1.44. The summed E-state index contributed by atoms with van der Waals surface area (Å²) in [5.74, 6) is 0. The molecule has 5 nitrogen and oxygen atoms in total. The van der Waals surface area contributed by atoms with Gasteiger partial charge in [0.2, 0.25) is 10.0 Å². The van der Waals surface area contributed by atoms with Crippen LogP contribution in [0.15, 0.2) is 23.1 Å². The molecule has 6 heteroatoms. The van der Waals surface area contributed by atoms with E-state index in [1.54, 1.807) is 25.1 Å². The predicted octanol–water partition coefficient (Wildman–Crippen LogP) is 0.190. The van der Waals surface area contributed by atoms with Gasteiger partial charge in [-0.2, -0.15) is 4.31 Å². The Morgan fingerprint density at radius 1 is 1.44 bits per heavy atom. The number of sulfonamides is 1. The minimum atomic E-state index is -3.61. The second kappa shape index (κ2) is 4.82. The molecule has 0 heterocycles. The Bertz CT molecular complexity index is 451. The van der Waals surface area contributed by atoms with E-state index < -0.39 is 10.0 Å². The second-order valence-electron chi connectivity index (χ2n) is 3.54. The van der Waals surface area contributed by atoms with E-state index >= 15 is 0 Å². The van der Waals surface area contributed by atoms with Gasteiger partial charge in [-0.05, 0) is 18.6 Å². The van der Waals surface area contributed by atoms with Crippen LogP contribution < -0.4 is 5.73 Å². The van der Waals surface area contributed by atoms with Gasteiger partial charge in [0.15, 0.2) is 0 Å². The summed E-state index contributed by atoms with van der Waals surface area (Å²) in [6, 6.07) is 4.94. The van der Waals surface area contributed by atoms with Crippen molar-refractivity contribution in [3.63, 3.8) is 0 Å². The Morgan fingerprint density at radius 3 is 2.56 bits per heavy atom. The van der Waals surface area contributed by atoms with E-state index in [0.717, 1.165) is 4.31 Å². The molecule has 0 saturated carbocycles. The zero-order valence-electron chi connectivity index (χ0n) is 9.34. The van der Waals surface area contributed by atoms with Crippen LogP contribution in [0, 0.1) is 6.92 Å². The molecule has 0 saturated heterocycles. The molecule has 0 unspecified atom stereocenters. The quantitative estimate of drug-likeness (QED) is 0.741. The third-order valence-electron chi connectivity index (χ3n) is 2.33. The Kier molecular flexibility index (Phi) is 3.90. The van der Waals surface area contributed by atoms with E-state index in [2.05, 4.69) is 0 Å². The van der Waals surface area contributed by atoms with Crippen molar-refractivity contribution in [2.24, 2.45) is 0 Å². The third-order valence-corrected chi connectivity index (χ3v) is 4.40. The molecule has 0 amide bonds. The van der Waals surface area contributed by atoms with Crippen LogP contribution in [0.1, 0.15) is 5.56 Å². The van der Waals surface area contributed by atoms with Gasteiger partial charge in [-0.25, -0.2) is 8.42 Å². The first kappa shape index (κ1) is 13.0. The maximum atomic E-state index is 12.1. The molecule has 0 aliphatic heterocycles. The molecular weight excluding hydrogens is 228 g/mol. The number of aryl methyl sites for hydroxylation is 1.